The summed E-state index contributed by atoms with van der Waals surface area (Å²) in [4.78, 5) is 0. The quantitative estimate of drug-likeness (QED) is 0.851. The molecule has 2 aromatic rings. The highest BCUT2D eigenvalue weighted by atomic mass is 19.1. The van der Waals surface area contributed by atoms with Crippen LogP contribution in [0.5, 0.6) is 0 Å². The largest absolute Gasteiger partial charge is 0.272 e. The molecule has 3 nitrogen and oxygen atoms in total. The zero-order chi connectivity index (χ0) is 13.9. The van der Waals surface area contributed by atoms with Gasteiger partial charge in [-0.1, -0.05) is 12.8 Å². The number of rotatable bonds is 3. The first-order valence-electron chi connectivity index (χ1n) is 6.98. The third-order valence-electron chi connectivity index (χ3n) is 3.91. The monoisotopic (exact) mass is 269 g/mol. The zero-order valence-corrected chi connectivity index (χ0v) is 11.2. The Labute approximate surface area is 117 Å². The van der Waals surface area contributed by atoms with Gasteiger partial charge in [0.25, 0.3) is 0 Å². The van der Waals surface area contributed by atoms with Crippen LogP contribution in [0.25, 0.3) is 11.1 Å². The second kappa shape index (κ2) is 5.46. The Morgan fingerprint density at radius 2 is 2.05 bits per heavy atom. The fraction of sp³-hybridized carbons (Fsp3) is 0.375. The lowest BCUT2D eigenvalue weighted by atomic mass is 10.1. The molecule has 0 N–H and O–H groups in total. The van der Waals surface area contributed by atoms with Crippen molar-refractivity contribution in [3.8, 4) is 17.2 Å². The summed E-state index contributed by atoms with van der Waals surface area (Å²) in [6.07, 6.45) is 8.85. The van der Waals surface area contributed by atoms with Gasteiger partial charge in [0.1, 0.15) is 5.82 Å². The summed E-state index contributed by atoms with van der Waals surface area (Å²) in [6.45, 7) is 0.931. The second-order valence-corrected chi connectivity index (χ2v) is 5.44. The summed E-state index contributed by atoms with van der Waals surface area (Å²) < 4.78 is 15.4. The molecule has 1 aliphatic rings. The number of nitriles is 1. The summed E-state index contributed by atoms with van der Waals surface area (Å²) in [7, 11) is 0. The Hall–Kier alpha value is -2.15. The normalized spacial score (nSPS) is 15.4. The molecule has 0 spiro atoms. The van der Waals surface area contributed by atoms with Crippen molar-refractivity contribution in [1.29, 1.82) is 5.26 Å². The van der Waals surface area contributed by atoms with Gasteiger partial charge in [-0.05, 0) is 42.5 Å². The molecule has 1 aliphatic carbocycles. The van der Waals surface area contributed by atoms with E-state index in [0.717, 1.165) is 12.1 Å². The van der Waals surface area contributed by atoms with Crippen molar-refractivity contribution in [3.63, 3.8) is 0 Å². The molecule has 0 aliphatic heterocycles. The van der Waals surface area contributed by atoms with Gasteiger partial charge >= 0.3 is 0 Å². The Bertz CT molecular complexity index is 648. The maximum Gasteiger partial charge on any atom is 0.125 e. The average Bonchev–Trinajstić information content (AvgIpc) is 3.10. The van der Waals surface area contributed by atoms with E-state index in [0.29, 0.717) is 17.0 Å². The Morgan fingerprint density at radius 1 is 1.25 bits per heavy atom. The van der Waals surface area contributed by atoms with E-state index in [1.165, 1.54) is 37.8 Å². The molecular weight excluding hydrogens is 253 g/mol. The average molecular weight is 269 g/mol. The number of halogens is 1. The van der Waals surface area contributed by atoms with Crippen LogP contribution in [-0.2, 0) is 6.54 Å². The van der Waals surface area contributed by atoms with E-state index in [-0.39, 0.29) is 5.82 Å². The first kappa shape index (κ1) is 12.9. The van der Waals surface area contributed by atoms with Crippen molar-refractivity contribution in [2.45, 2.75) is 32.2 Å². The Kier molecular flexibility index (Phi) is 3.51. The minimum Gasteiger partial charge on any atom is -0.272 e. The van der Waals surface area contributed by atoms with Crippen LogP contribution in [-0.4, -0.2) is 9.78 Å². The van der Waals surface area contributed by atoms with Crippen molar-refractivity contribution in [3.05, 3.63) is 42.0 Å². The third kappa shape index (κ3) is 2.72. The van der Waals surface area contributed by atoms with E-state index in [2.05, 4.69) is 5.10 Å². The van der Waals surface area contributed by atoms with Gasteiger partial charge in [0.2, 0.25) is 0 Å². The van der Waals surface area contributed by atoms with Gasteiger partial charge < -0.3 is 0 Å². The van der Waals surface area contributed by atoms with Crippen LogP contribution < -0.4 is 0 Å². The molecular formula is C16H16FN3. The van der Waals surface area contributed by atoms with Crippen LogP contribution in [0.3, 0.4) is 0 Å². The maximum absolute atomic E-state index is 13.5. The van der Waals surface area contributed by atoms with Crippen molar-refractivity contribution in [1.82, 2.24) is 9.78 Å². The van der Waals surface area contributed by atoms with Crippen LogP contribution in [0.2, 0.25) is 0 Å². The van der Waals surface area contributed by atoms with Gasteiger partial charge in [-0.3, -0.25) is 4.68 Å². The molecule has 3 rings (SSSR count). The molecule has 1 fully saturated rings. The fourth-order valence-corrected chi connectivity index (χ4v) is 2.89. The highest BCUT2D eigenvalue weighted by molar-refractivity contribution is 5.63. The molecule has 0 unspecified atom stereocenters. The number of hydrogen-bond acceptors (Lipinski definition) is 2. The lowest BCUT2D eigenvalue weighted by molar-refractivity contribution is 0.429. The van der Waals surface area contributed by atoms with Crippen LogP contribution in [0, 0.1) is 23.1 Å². The minimum atomic E-state index is -0.386. The first-order valence-corrected chi connectivity index (χ1v) is 6.98. The molecule has 0 atom stereocenters. The molecule has 4 heteroatoms. The number of nitrogens with zero attached hydrogens (tertiary/aromatic N) is 3. The first-order chi connectivity index (χ1) is 9.74. The topological polar surface area (TPSA) is 41.6 Å². The fourth-order valence-electron chi connectivity index (χ4n) is 2.89. The van der Waals surface area contributed by atoms with Gasteiger partial charge in [0, 0.05) is 18.3 Å². The molecule has 0 amide bonds. The maximum atomic E-state index is 13.5. The number of aromatic nitrogens is 2. The highest BCUT2D eigenvalue weighted by Crippen LogP contribution is 2.27. The van der Waals surface area contributed by atoms with Crippen molar-refractivity contribution in [2.24, 2.45) is 5.92 Å². The summed E-state index contributed by atoms with van der Waals surface area (Å²) in [6, 6.07) is 6.36. The summed E-state index contributed by atoms with van der Waals surface area (Å²) in [5.41, 5.74) is 1.90. The van der Waals surface area contributed by atoms with Gasteiger partial charge in [-0.25, -0.2) is 4.39 Å². The van der Waals surface area contributed by atoms with Crippen molar-refractivity contribution < 1.29 is 4.39 Å². The van der Waals surface area contributed by atoms with Crippen LogP contribution in [0.1, 0.15) is 31.2 Å². The summed E-state index contributed by atoms with van der Waals surface area (Å²) in [5, 5.41) is 13.2. The Morgan fingerprint density at radius 3 is 2.80 bits per heavy atom. The van der Waals surface area contributed by atoms with Crippen molar-refractivity contribution in [2.75, 3.05) is 0 Å². The standard InChI is InChI=1S/C16H16FN3/c17-16-6-13(8-18)5-14(7-16)15-9-19-20(11-15)10-12-3-1-2-4-12/h5-7,9,11-12H,1-4,10H2. The zero-order valence-electron chi connectivity index (χ0n) is 11.2. The van der Waals surface area contributed by atoms with Gasteiger partial charge in [0.15, 0.2) is 0 Å². The smallest absolute Gasteiger partial charge is 0.125 e. The minimum absolute atomic E-state index is 0.337. The molecule has 1 aromatic heterocycles. The number of hydrogen-bond donors (Lipinski definition) is 0. The summed E-state index contributed by atoms with van der Waals surface area (Å²) in [5.74, 6) is 0.326. The Balaban J connectivity index is 1.82. The molecule has 1 saturated carbocycles. The van der Waals surface area contributed by atoms with Gasteiger partial charge in [-0.15, -0.1) is 0 Å². The lowest BCUT2D eigenvalue weighted by Crippen LogP contribution is -2.07. The predicted octanol–water partition coefficient (Wildman–Crippen LogP) is 3.75. The number of benzene rings is 1. The van der Waals surface area contributed by atoms with Gasteiger partial charge in [-0.2, -0.15) is 10.4 Å². The molecule has 0 bridgehead atoms. The SMILES string of the molecule is N#Cc1cc(F)cc(-c2cnn(CC3CCCC3)c2)c1. The molecule has 0 saturated heterocycles. The predicted molar refractivity (Wildman–Crippen MR) is 74.3 cm³/mol. The van der Waals surface area contributed by atoms with E-state index in [1.54, 1.807) is 12.3 Å². The molecule has 1 heterocycles. The van der Waals surface area contributed by atoms with E-state index in [9.17, 15) is 4.39 Å². The van der Waals surface area contributed by atoms with Crippen LogP contribution in [0.4, 0.5) is 4.39 Å². The van der Waals surface area contributed by atoms with Crippen LogP contribution >= 0.6 is 0 Å². The lowest BCUT2D eigenvalue weighted by Gasteiger charge is -2.08. The summed E-state index contributed by atoms with van der Waals surface area (Å²) >= 11 is 0. The van der Waals surface area contributed by atoms with E-state index in [1.807, 2.05) is 16.9 Å². The second-order valence-electron chi connectivity index (χ2n) is 5.44. The third-order valence-corrected chi connectivity index (χ3v) is 3.91. The van der Waals surface area contributed by atoms with E-state index in [4.69, 9.17) is 5.26 Å². The van der Waals surface area contributed by atoms with Gasteiger partial charge in [0.05, 0.1) is 17.8 Å². The highest BCUT2D eigenvalue weighted by Gasteiger charge is 2.16. The van der Waals surface area contributed by atoms with Crippen LogP contribution in [0.15, 0.2) is 30.6 Å². The molecule has 102 valence electrons. The van der Waals surface area contributed by atoms with E-state index >= 15 is 0 Å². The molecule has 0 radical (unpaired) electrons. The van der Waals surface area contributed by atoms with E-state index < -0.39 is 0 Å². The van der Waals surface area contributed by atoms with Crippen molar-refractivity contribution >= 4 is 0 Å². The molecule has 1 aromatic carbocycles. The molecule has 20 heavy (non-hydrogen) atoms.